The topological polar surface area (TPSA) is 75.8 Å². The van der Waals surface area contributed by atoms with Gasteiger partial charge in [-0.2, -0.15) is 0 Å². The number of fused-ring (bicyclic) bond motifs is 1. The molecule has 1 unspecified atom stereocenters. The number of pyridine rings is 1. The average Bonchev–Trinajstić information content (AvgIpc) is 2.82. The van der Waals surface area contributed by atoms with Gasteiger partial charge in [0.1, 0.15) is 5.75 Å². The number of nitrogens with two attached hydrogens (primary N) is 1. The second-order valence-corrected chi connectivity index (χ2v) is 11.0. The third kappa shape index (κ3) is 6.72. The molecule has 1 aliphatic heterocycles. The van der Waals surface area contributed by atoms with E-state index in [1.807, 2.05) is 36.4 Å². The highest BCUT2D eigenvalue weighted by atomic mass is 16.5. The van der Waals surface area contributed by atoms with Crippen LogP contribution in [0.15, 0.2) is 47.6 Å². The lowest BCUT2D eigenvalue weighted by molar-refractivity contribution is 0.164. The van der Waals surface area contributed by atoms with Crippen LogP contribution in [-0.2, 0) is 6.54 Å². The Kier molecular flexibility index (Phi) is 8.09. The highest BCUT2D eigenvalue weighted by molar-refractivity contribution is 5.83. The van der Waals surface area contributed by atoms with Crippen molar-refractivity contribution >= 4 is 11.6 Å². The van der Waals surface area contributed by atoms with Crippen molar-refractivity contribution in [3.05, 3.63) is 48.2 Å². The van der Waals surface area contributed by atoms with Crippen molar-refractivity contribution in [2.24, 2.45) is 22.1 Å². The number of para-hydroxylation sites is 1. The minimum Gasteiger partial charge on any atom is -0.439 e. The second kappa shape index (κ2) is 11.2. The number of nitrogens with zero attached hydrogens (tertiary/aromatic N) is 3. The van der Waals surface area contributed by atoms with Crippen LogP contribution in [0.2, 0.25) is 0 Å². The van der Waals surface area contributed by atoms with Crippen molar-refractivity contribution in [3.63, 3.8) is 0 Å². The summed E-state index contributed by atoms with van der Waals surface area (Å²) in [5.41, 5.74) is 8.87. The molecule has 0 bridgehead atoms. The van der Waals surface area contributed by atoms with Crippen LogP contribution in [0.25, 0.3) is 0 Å². The first kappa shape index (κ1) is 24.5. The molecule has 0 radical (unpaired) electrons. The van der Waals surface area contributed by atoms with Gasteiger partial charge in [0.15, 0.2) is 5.96 Å². The maximum absolute atomic E-state index is 6.55. The zero-order valence-corrected chi connectivity index (χ0v) is 21.1. The van der Waals surface area contributed by atoms with Gasteiger partial charge in [-0.05, 0) is 62.2 Å². The summed E-state index contributed by atoms with van der Waals surface area (Å²) in [6, 6.07) is 12.2. The van der Waals surface area contributed by atoms with E-state index in [-0.39, 0.29) is 0 Å². The monoisotopic (exact) mass is 463 g/mol. The molecular formula is C28H41N5O. The average molecular weight is 464 g/mol. The van der Waals surface area contributed by atoms with E-state index in [1.54, 1.807) is 6.20 Å². The molecule has 1 atom stereocenters. The second-order valence-electron chi connectivity index (χ2n) is 11.0. The van der Waals surface area contributed by atoms with Gasteiger partial charge < -0.3 is 20.7 Å². The third-order valence-electron chi connectivity index (χ3n) is 7.04. The van der Waals surface area contributed by atoms with Crippen molar-refractivity contribution in [3.8, 4) is 11.6 Å². The summed E-state index contributed by atoms with van der Waals surface area (Å²) in [5, 5.41) is 3.68. The Hall–Kier alpha value is -2.60. The molecular weight excluding hydrogens is 422 g/mol. The largest absolute Gasteiger partial charge is 0.439 e. The smallest absolute Gasteiger partial charge is 0.219 e. The van der Waals surface area contributed by atoms with Gasteiger partial charge in [-0.1, -0.05) is 58.2 Å². The van der Waals surface area contributed by atoms with Gasteiger partial charge in [-0.3, -0.25) is 0 Å². The zero-order chi connectivity index (χ0) is 24.0. The maximum Gasteiger partial charge on any atom is 0.219 e. The molecule has 3 N–H and O–H groups in total. The first-order chi connectivity index (χ1) is 16.4. The van der Waals surface area contributed by atoms with E-state index in [1.165, 1.54) is 38.5 Å². The predicted octanol–water partition coefficient (Wildman–Crippen LogP) is 6.00. The maximum atomic E-state index is 6.55. The predicted molar refractivity (Wildman–Crippen MR) is 140 cm³/mol. The molecule has 1 fully saturated rings. The molecule has 4 rings (SSSR count). The van der Waals surface area contributed by atoms with E-state index in [4.69, 9.17) is 15.5 Å². The Morgan fingerprint density at radius 1 is 1.12 bits per heavy atom. The Bertz CT molecular complexity index is 947. The normalized spacial score (nSPS) is 17.7. The summed E-state index contributed by atoms with van der Waals surface area (Å²) in [5.74, 6) is 2.66. The van der Waals surface area contributed by atoms with Crippen LogP contribution in [0.4, 0.5) is 5.69 Å². The van der Waals surface area contributed by atoms with Gasteiger partial charge in [0.2, 0.25) is 5.88 Å². The minimum atomic E-state index is 0.358. The standard InChI is InChI=1S/C28H41N5O/c1-28(2,3)15-17-30-16-14-25(21-10-6-4-7-11-21)33-20-22-18-26(31-19-24(22)32-27(33)29)34-23-12-8-5-9-13-23/h5,8-9,12-13,18-19,21,25,30H,4,6-7,10-11,14-17,20H2,1-3H3,(H2,29,32). The van der Waals surface area contributed by atoms with Gasteiger partial charge in [0, 0.05) is 24.2 Å². The summed E-state index contributed by atoms with van der Waals surface area (Å²) in [4.78, 5) is 11.6. The zero-order valence-electron chi connectivity index (χ0n) is 21.1. The minimum absolute atomic E-state index is 0.358. The molecule has 34 heavy (non-hydrogen) atoms. The quantitative estimate of drug-likeness (QED) is 0.446. The Morgan fingerprint density at radius 3 is 2.62 bits per heavy atom. The summed E-state index contributed by atoms with van der Waals surface area (Å²) in [7, 11) is 0. The highest BCUT2D eigenvalue weighted by Crippen LogP contribution is 2.35. The summed E-state index contributed by atoms with van der Waals surface area (Å²) in [6.07, 6.45) is 10.6. The number of guanidine groups is 1. The van der Waals surface area contributed by atoms with Gasteiger partial charge in [0.05, 0.1) is 11.9 Å². The molecule has 1 aromatic carbocycles. The van der Waals surface area contributed by atoms with Crippen LogP contribution in [0, 0.1) is 11.3 Å². The molecule has 0 saturated heterocycles. The van der Waals surface area contributed by atoms with Crippen molar-refractivity contribution in [1.82, 2.24) is 15.2 Å². The number of rotatable bonds is 9. The van der Waals surface area contributed by atoms with E-state index in [0.717, 1.165) is 43.1 Å². The van der Waals surface area contributed by atoms with Crippen LogP contribution < -0.4 is 15.8 Å². The lowest BCUT2D eigenvalue weighted by atomic mass is 9.81. The van der Waals surface area contributed by atoms with Crippen molar-refractivity contribution in [2.45, 2.75) is 78.3 Å². The molecule has 1 aromatic heterocycles. The highest BCUT2D eigenvalue weighted by Gasteiger charge is 2.32. The summed E-state index contributed by atoms with van der Waals surface area (Å²) in [6.45, 7) is 9.71. The van der Waals surface area contributed by atoms with Crippen molar-refractivity contribution < 1.29 is 4.74 Å². The number of aromatic nitrogens is 1. The lowest BCUT2D eigenvalue weighted by Gasteiger charge is -2.41. The molecule has 2 heterocycles. The van der Waals surface area contributed by atoms with Crippen LogP contribution in [0.5, 0.6) is 11.6 Å². The number of ether oxygens (including phenoxy) is 1. The summed E-state index contributed by atoms with van der Waals surface area (Å²) < 4.78 is 5.98. The SMILES string of the molecule is CC(C)(C)CCNCCC(C1CCCCC1)N1Cc2cc(Oc3ccccc3)ncc2N=C1N. The van der Waals surface area contributed by atoms with E-state index in [0.29, 0.717) is 29.2 Å². The Labute approximate surface area is 205 Å². The fourth-order valence-electron chi connectivity index (χ4n) is 5.10. The van der Waals surface area contributed by atoms with Crippen LogP contribution in [-0.4, -0.2) is 35.0 Å². The molecule has 1 aliphatic carbocycles. The fourth-order valence-corrected chi connectivity index (χ4v) is 5.10. The first-order valence-corrected chi connectivity index (χ1v) is 12.9. The summed E-state index contributed by atoms with van der Waals surface area (Å²) >= 11 is 0. The molecule has 6 nitrogen and oxygen atoms in total. The number of aliphatic imine (C=N–C) groups is 1. The number of hydrogen-bond donors (Lipinski definition) is 2. The van der Waals surface area contributed by atoms with Crippen molar-refractivity contribution in [1.29, 1.82) is 0 Å². The molecule has 1 saturated carbocycles. The lowest BCUT2D eigenvalue weighted by Crippen LogP contribution is -2.50. The van der Waals surface area contributed by atoms with E-state index in [9.17, 15) is 0 Å². The fraction of sp³-hybridized carbons (Fsp3) is 0.571. The number of nitrogens with one attached hydrogen (secondary N) is 1. The molecule has 2 aliphatic rings. The van der Waals surface area contributed by atoms with E-state index in [2.05, 4.69) is 36.0 Å². The van der Waals surface area contributed by atoms with Crippen LogP contribution >= 0.6 is 0 Å². The molecule has 184 valence electrons. The Morgan fingerprint density at radius 2 is 1.88 bits per heavy atom. The van der Waals surface area contributed by atoms with Gasteiger partial charge in [-0.25, -0.2) is 9.98 Å². The van der Waals surface area contributed by atoms with Crippen LogP contribution in [0.3, 0.4) is 0 Å². The van der Waals surface area contributed by atoms with Crippen LogP contribution in [0.1, 0.15) is 71.3 Å². The first-order valence-electron chi connectivity index (χ1n) is 12.9. The van der Waals surface area contributed by atoms with E-state index < -0.39 is 0 Å². The molecule has 0 spiro atoms. The molecule has 2 aromatic rings. The molecule has 0 amide bonds. The van der Waals surface area contributed by atoms with Gasteiger partial charge in [0.25, 0.3) is 0 Å². The van der Waals surface area contributed by atoms with Gasteiger partial charge in [-0.15, -0.1) is 0 Å². The number of hydrogen-bond acceptors (Lipinski definition) is 6. The number of benzene rings is 1. The van der Waals surface area contributed by atoms with Crippen molar-refractivity contribution in [2.75, 3.05) is 13.1 Å². The molecule has 6 heteroatoms. The van der Waals surface area contributed by atoms with E-state index >= 15 is 0 Å². The van der Waals surface area contributed by atoms with Gasteiger partial charge >= 0.3 is 0 Å². The third-order valence-corrected chi connectivity index (χ3v) is 7.04. The Balaban J connectivity index is 1.46.